The number of methoxy groups -OCH3 is 1. The third-order valence-electron chi connectivity index (χ3n) is 2.92. The number of amidine groups is 2. The van der Waals surface area contributed by atoms with Gasteiger partial charge in [0.05, 0.1) is 7.11 Å². The maximum absolute atomic E-state index is 12.1. The molecule has 8 heteroatoms. The Morgan fingerprint density at radius 2 is 2.08 bits per heavy atom. The lowest BCUT2D eigenvalue weighted by Crippen LogP contribution is -2.53. The van der Waals surface area contributed by atoms with Crippen molar-refractivity contribution in [2.75, 3.05) is 7.11 Å². The van der Waals surface area contributed by atoms with E-state index in [4.69, 9.17) is 15.2 Å². The summed E-state index contributed by atoms with van der Waals surface area (Å²) in [4.78, 5) is 31.8. The zero-order valence-corrected chi connectivity index (χ0v) is 12.9. The Hall–Kier alpha value is -3.42. The number of amides is 2. The number of nitrogens with one attached hydrogen (secondary N) is 1. The van der Waals surface area contributed by atoms with E-state index in [9.17, 15) is 9.59 Å². The first-order valence-electron chi connectivity index (χ1n) is 6.91. The van der Waals surface area contributed by atoms with Crippen molar-refractivity contribution in [2.24, 2.45) is 15.7 Å². The molecule has 0 saturated heterocycles. The van der Waals surface area contributed by atoms with Crippen LogP contribution in [0.4, 0.5) is 0 Å². The second-order valence-corrected chi connectivity index (χ2v) is 4.53. The maximum Gasteiger partial charge on any atom is 0.298 e. The third kappa shape index (κ3) is 3.86. The van der Waals surface area contributed by atoms with Crippen molar-refractivity contribution < 1.29 is 19.1 Å². The number of benzene rings is 1. The summed E-state index contributed by atoms with van der Waals surface area (Å²) in [6.45, 7) is 3.48. The standard InChI is InChI=1S/C16H16N4O4/c1-3-4-9-18-13(17)14-19-15(21)12(16(22)20-14)24-11-8-6-5-7-10(11)23-2/h3-9,12H,1H2,2H3,(H2,17,18)(H,19,20,21,22)/b9-4-. The average molecular weight is 328 g/mol. The van der Waals surface area contributed by atoms with Crippen LogP contribution in [0.1, 0.15) is 0 Å². The number of carbonyl (C=O) groups is 2. The average Bonchev–Trinajstić information content (AvgIpc) is 2.58. The first-order valence-corrected chi connectivity index (χ1v) is 6.91. The van der Waals surface area contributed by atoms with Gasteiger partial charge in [0.25, 0.3) is 17.9 Å². The Morgan fingerprint density at radius 1 is 1.38 bits per heavy atom. The van der Waals surface area contributed by atoms with Crippen LogP contribution in [0.3, 0.4) is 0 Å². The number of allylic oxidation sites excluding steroid dienone is 2. The van der Waals surface area contributed by atoms with Gasteiger partial charge in [0.1, 0.15) is 0 Å². The van der Waals surface area contributed by atoms with Crippen molar-refractivity contribution in [3.8, 4) is 11.5 Å². The van der Waals surface area contributed by atoms with Gasteiger partial charge in [-0.05, 0) is 18.2 Å². The summed E-state index contributed by atoms with van der Waals surface area (Å²) in [6.07, 6.45) is 2.97. The molecule has 0 aromatic heterocycles. The molecule has 1 heterocycles. The Morgan fingerprint density at radius 3 is 2.71 bits per heavy atom. The summed E-state index contributed by atoms with van der Waals surface area (Å²) in [5.41, 5.74) is 5.66. The number of rotatable bonds is 6. The normalized spacial score (nSPS) is 18.1. The molecule has 2 amide bonds. The number of hydrogen-bond acceptors (Lipinski definition) is 5. The van der Waals surface area contributed by atoms with Gasteiger partial charge in [-0.1, -0.05) is 24.8 Å². The fourth-order valence-electron chi connectivity index (χ4n) is 1.80. The van der Waals surface area contributed by atoms with Crippen LogP contribution in [0.15, 0.2) is 59.2 Å². The quantitative estimate of drug-likeness (QED) is 0.342. The highest BCUT2D eigenvalue weighted by atomic mass is 16.5. The second-order valence-electron chi connectivity index (χ2n) is 4.53. The van der Waals surface area contributed by atoms with Crippen LogP contribution >= 0.6 is 0 Å². The Balaban J connectivity index is 2.20. The molecule has 1 aromatic carbocycles. The molecule has 0 aliphatic carbocycles. The Labute approximate surface area is 138 Å². The third-order valence-corrected chi connectivity index (χ3v) is 2.92. The number of nitrogens with zero attached hydrogens (tertiary/aromatic N) is 2. The molecule has 124 valence electrons. The van der Waals surface area contributed by atoms with Gasteiger partial charge in [-0.15, -0.1) is 0 Å². The number of carbonyl (C=O) groups excluding carboxylic acids is 2. The molecule has 1 aliphatic rings. The SMILES string of the molecule is C=C/C=C\N=C(N)C1=NC(=O)C(Oc2ccccc2OC)C(=O)N1. The molecular weight excluding hydrogens is 312 g/mol. The van der Waals surface area contributed by atoms with Crippen LogP contribution in [0, 0.1) is 0 Å². The van der Waals surface area contributed by atoms with Crippen molar-refractivity contribution in [1.29, 1.82) is 0 Å². The summed E-state index contributed by atoms with van der Waals surface area (Å²) in [5, 5.41) is 2.39. The van der Waals surface area contributed by atoms with E-state index >= 15 is 0 Å². The lowest BCUT2D eigenvalue weighted by Gasteiger charge is -2.21. The number of hydrogen-bond donors (Lipinski definition) is 2. The molecule has 24 heavy (non-hydrogen) atoms. The Bertz CT molecular complexity index is 752. The van der Waals surface area contributed by atoms with Crippen LogP contribution in [-0.2, 0) is 9.59 Å². The first kappa shape index (κ1) is 16.9. The zero-order chi connectivity index (χ0) is 17.5. The summed E-state index contributed by atoms with van der Waals surface area (Å²) in [6, 6.07) is 6.65. The van der Waals surface area contributed by atoms with E-state index < -0.39 is 17.9 Å². The topological polar surface area (TPSA) is 115 Å². The van der Waals surface area contributed by atoms with E-state index in [1.165, 1.54) is 25.5 Å². The highest BCUT2D eigenvalue weighted by Crippen LogP contribution is 2.27. The fourth-order valence-corrected chi connectivity index (χ4v) is 1.80. The lowest BCUT2D eigenvalue weighted by atomic mass is 10.2. The molecule has 0 bridgehead atoms. The molecule has 0 fully saturated rings. The van der Waals surface area contributed by atoms with Gasteiger partial charge in [-0.2, -0.15) is 4.99 Å². The number of ether oxygens (including phenoxy) is 2. The van der Waals surface area contributed by atoms with Crippen LogP contribution in [0.25, 0.3) is 0 Å². The lowest BCUT2D eigenvalue weighted by molar-refractivity contribution is -0.137. The van der Waals surface area contributed by atoms with Crippen molar-refractivity contribution >= 4 is 23.5 Å². The van der Waals surface area contributed by atoms with Gasteiger partial charge < -0.3 is 20.5 Å². The van der Waals surface area contributed by atoms with Gasteiger partial charge in [0.2, 0.25) is 0 Å². The smallest absolute Gasteiger partial charge is 0.298 e. The van der Waals surface area contributed by atoms with E-state index in [1.807, 2.05) is 0 Å². The van der Waals surface area contributed by atoms with Gasteiger partial charge >= 0.3 is 0 Å². The molecule has 1 aromatic rings. The highest BCUT2D eigenvalue weighted by Gasteiger charge is 2.35. The van der Waals surface area contributed by atoms with Gasteiger partial charge in [0.15, 0.2) is 23.2 Å². The maximum atomic E-state index is 12.1. The predicted octanol–water partition coefficient (Wildman–Crippen LogP) is 0.554. The van der Waals surface area contributed by atoms with Crippen molar-refractivity contribution in [1.82, 2.24) is 5.32 Å². The van der Waals surface area contributed by atoms with Gasteiger partial charge in [-0.25, -0.2) is 4.99 Å². The minimum atomic E-state index is -1.43. The molecule has 3 N–H and O–H groups in total. The van der Waals surface area contributed by atoms with Crippen LogP contribution in [0.5, 0.6) is 11.5 Å². The monoisotopic (exact) mass is 328 g/mol. The minimum absolute atomic E-state index is 0.106. The van der Waals surface area contributed by atoms with Crippen molar-refractivity contribution in [3.05, 3.63) is 49.2 Å². The van der Waals surface area contributed by atoms with E-state index in [0.717, 1.165) is 0 Å². The second kappa shape index (κ2) is 7.73. The number of aliphatic imine (C=N–C) groups is 2. The molecule has 8 nitrogen and oxygen atoms in total. The number of para-hydroxylation sites is 2. The molecular formula is C16H16N4O4. The first-order chi connectivity index (χ1) is 11.6. The van der Waals surface area contributed by atoms with E-state index in [2.05, 4.69) is 21.9 Å². The number of nitrogens with two attached hydrogens (primary N) is 1. The molecule has 1 atom stereocenters. The molecule has 1 aliphatic heterocycles. The highest BCUT2D eigenvalue weighted by molar-refractivity contribution is 6.46. The fraction of sp³-hybridized carbons (Fsp3) is 0.125. The van der Waals surface area contributed by atoms with E-state index in [-0.39, 0.29) is 17.4 Å². The largest absolute Gasteiger partial charge is 0.493 e. The molecule has 0 spiro atoms. The van der Waals surface area contributed by atoms with E-state index in [1.54, 1.807) is 24.3 Å². The van der Waals surface area contributed by atoms with Crippen molar-refractivity contribution in [2.45, 2.75) is 6.10 Å². The molecule has 2 rings (SSSR count). The Kier molecular flexibility index (Phi) is 5.45. The zero-order valence-electron chi connectivity index (χ0n) is 12.9. The molecule has 0 radical (unpaired) electrons. The summed E-state index contributed by atoms with van der Waals surface area (Å²) < 4.78 is 10.5. The molecule has 0 saturated carbocycles. The summed E-state index contributed by atoms with van der Waals surface area (Å²) in [7, 11) is 1.45. The van der Waals surface area contributed by atoms with Gasteiger partial charge in [0, 0.05) is 6.20 Å². The van der Waals surface area contributed by atoms with Crippen LogP contribution in [-0.4, -0.2) is 36.7 Å². The summed E-state index contributed by atoms with van der Waals surface area (Å²) >= 11 is 0. The predicted molar refractivity (Wildman–Crippen MR) is 89.0 cm³/mol. The van der Waals surface area contributed by atoms with Crippen LogP contribution in [0.2, 0.25) is 0 Å². The molecule has 1 unspecified atom stereocenters. The summed E-state index contributed by atoms with van der Waals surface area (Å²) in [5.74, 6) is -1.07. The van der Waals surface area contributed by atoms with Gasteiger partial charge in [-0.3, -0.25) is 9.59 Å². The minimum Gasteiger partial charge on any atom is -0.493 e. The van der Waals surface area contributed by atoms with Crippen LogP contribution < -0.4 is 20.5 Å². The van der Waals surface area contributed by atoms with Crippen molar-refractivity contribution in [3.63, 3.8) is 0 Å². The van der Waals surface area contributed by atoms with E-state index in [0.29, 0.717) is 5.75 Å².